The molecule has 2 aromatic rings. The fourth-order valence-electron chi connectivity index (χ4n) is 14.4. The van der Waals surface area contributed by atoms with E-state index >= 15 is 0 Å². The van der Waals surface area contributed by atoms with Gasteiger partial charge in [0.1, 0.15) is 5.75 Å². The van der Waals surface area contributed by atoms with E-state index in [0.29, 0.717) is 74.4 Å². The maximum atomic E-state index is 14.4. The maximum absolute atomic E-state index is 14.4. The largest absolute Gasteiger partial charge is 0.494 e. The Kier molecular flexibility index (Phi) is 14.8. The molecule has 350 valence electrons. The lowest BCUT2D eigenvalue weighted by Gasteiger charge is -2.69. The molecule has 11 heteroatoms. The number of piperazine rings is 1. The highest BCUT2D eigenvalue weighted by atomic mass is 32.2. The second kappa shape index (κ2) is 19.5. The number of nitrogens with zero attached hydrogens (tertiary/aromatic N) is 2. The zero-order valence-corrected chi connectivity index (χ0v) is 40.5. The average molecular weight is 889 g/mol. The summed E-state index contributed by atoms with van der Waals surface area (Å²) in [6, 6.07) is 15.6. The number of aliphatic hydroxyl groups is 1. The molecule has 1 saturated heterocycles. The molecule has 2 aromatic carbocycles. The van der Waals surface area contributed by atoms with Crippen molar-refractivity contribution in [1.82, 2.24) is 19.8 Å². The summed E-state index contributed by atoms with van der Waals surface area (Å²) in [7, 11) is -3.12. The van der Waals surface area contributed by atoms with Gasteiger partial charge in [0.2, 0.25) is 15.9 Å². The summed E-state index contributed by atoms with van der Waals surface area (Å²) in [5, 5.41) is 17.5. The quantitative estimate of drug-likeness (QED) is 0.144. The van der Waals surface area contributed by atoms with Crippen LogP contribution in [0.4, 0.5) is 0 Å². The van der Waals surface area contributed by atoms with Crippen LogP contribution in [0.2, 0.25) is 0 Å². The van der Waals surface area contributed by atoms with Crippen LogP contribution in [-0.4, -0.2) is 92.3 Å². The summed E-state index contributed by atoms with van der Waals surface area (Å²) < 4.78 is 31.8. The normalized spacial score (nSPS) is 33.3. The van der Waals surface area contributed by atoms with Crippen LogP contribution in [0.15, 0.2) is 48.5 Å². The molecule has 4 saturated carbocycles. The third-order valence-corrected chi connectivity index (χ3v) is 19.9. The van der Waals surface area contributed by atoms with Gasteiger partial charge >= 0.3 is 0 Å². The number of hydrogen-bond acceptors (Lipinski definition) is 7. The first-order chi connectivity index (χ1) is 30.0. The number of nitrogens with one attached hydrogen (secondary N) is 2. The van der Waals surface area contributed by atoms with E-state index in [1.807, 2.05) is 48.5 Å². The van der Waals surface area contributed by atoms with Gasteiger partial charge in [-0.1, -0.05) is 72.2 Å². The molecule has 63 heavy (non-hydrogen) atoms. The molecule has 0 spiro atoms. The van der Waals surface area contributed by atoms with E-state index in [-0.39, 0.29) is 45.3 Å². The lowest BCUT2D eigenvalue weighted by atomic mass is 9.36. The van der Waals surface area contributed by atoms with E-state index in [0.717, 1.165) is 81.5 Å². The van der Waals surface area contributed by atoms with Gasteiger partial charge in [0.25, 0.3) is 5.91 Å². The number of ether oxygens (including phenoxy) is 1. The van der Waals surface area contributed by atoms with Gasteiger partial charge in [-0.3, -0.25) is 9.59 Å². The van der Waals surface area contributed by atoms with Crippen molar-refractivity contribution in [2.75, 3.05) is 51.6 Å². The van der Waals surface area contributed by atoms with E-state index in [9.17, 15) is 23.1 Å². The summed E-state index contributed by atoms with van der Waals surface area (Å²) >= 11 is 0. The minimum Gasteiger partial charge on any atom is -0.494 e. The molecule has 0 aromatic heterocycles. The van der Waals surface area contributed by atoms with Crippen molar-refractivity contribution in [1.29, 1.82) is 0 Å². The topological polar surface area (TPSA) is 128 Å². The van der Waals surface area contributed by atoms with Gasteiger partial charge in [-0.05, 0) is 159 Å². The number of aliphatic hydroxyl groups excluding tert-OH is 1. The SMILES string of the molecule is CCCC1(C(=O)NCCc2cccc(C(=O)NCc3ccc(OCCCN4CCN(S(=O)(=O)CC)CC4)cc3)c2)CCC2C(CCC3C2(C)CCC2C(C)(C)C(O)CCC23C)C1C. The van der Waals surface area contributed by atoms with Crippen molar-refractivity contribution in [3.05, 3.63) is 65.2 Å². The summed E-state index contributed by atoms with van der Waals surface area (Å²) in [6.45, 7) is 21.2. The van der Waals surface area contributed by atoms with Crippen LogP contribution in [-0.2, 0) is 27.8 Å². The van der Waals surface area contributed by atoms with Crippen LogP contribution >= 0.6 is 0 Å². The van der Waals surface area contributed by atoms with E-state index in [2.05, 4.69) is 57.1 Å². The van der Waals surface area contributed by atoms with Crippen LogP contribution in [0.5, 0.6) is 5.75 Å². The number of carbonyl (C=O) groups excluding carboxylic acids is 2. The molecule has 2 amide bonds. The Morgan fingerprint density at radius 3 is 2.29 bits per heavy atom. The number of rotatable bonds is 16. The highest BCUT2D eigenvalue weighted by Crippen LogP contribution is 2.72. The van der Waals surface area contributed by atoms with E-state index in [1.165, 1.54) is 25.7 Å². The lowest BCUT2D eigenvalue weighted by molar-refractivity contribution is -0.215. The second-order valence-corrected chi connectivity index (χ2v) is 23.7. The van der Waals surface area contributed by atoms with Gasteiger partial charge in [-0.25, -0.2) is 8.42 Å². The van der Waals surface area contributed by atoms with Gasteiger partial charge in [0, 0.05) is 51.4 Å². The molecule has 4 aliphatic carbocycles. The standard InChI is InChI=1S/C52H80N4O6S/c1-8-24-52(27-20-43-42(37(52)3)18-19-45-50(43,6)25-21-44-49(4,5)46(57)22-26-51(44,45)7)48(59)53-28-23-38-12-10-13-40(35-38)47(58)54-36-39-14-16-41(17-15-39)62-34-11-29-55-30-32-56(33-31-55)63(60,61)9-2/h10,12-17,35,37,42-46,57H,8-9,11,18-34,36H2,1-7H3,(H,53,59)(H,54,58). The average Bonchev–Trinajstić information content (AvgIpc) is 3.27. The number of benzene rings is 2. The first-order valence-corrected chi connectivity index (χ1v) is 26.3. The highest BCUT2D eigenvalue weighted by Gasteiger charge is 2.66. The van der Waals surface area contributed by atoms with Crippen molar-refractivity contribution in [3.8, 4) is 5.75 Å². The van der Waals surface area contributed by atoms with Crippen LogP contribution in [0, 0.1) is 51.2 Å². The molecule has 5 fully saturated rings. The van der Waals surface area contributed by atoms with Gasteiger partial charge in [0.05, 0.1) is 23.9 Å². The third-order valence-electron chi connectivity index (χ3n) is 18.0. The smallest absolute Gasteiger partial charge is 0.251 e. The molecule has 9 atom stereocenters. The molecular formula is C52H80N4O6S. The lowest BCUT2D eigenvalue weighted by Crippen LogP contribution is -2.64. The zero-order chi connectivity index (χ0) is 45.2. The molecule has 1 aliphatic heterocycles. The summed E-state index contributed by atoms with van der Waals surface area (Å²) in [4.78, 5) is 30.0. The number of amides is 2. The first kappa shape index (κ1) is 48.0. The van der Waals surface area contributed by atoms with Crippen molar-refractivity contribution < 1.29 is 27.9 Å². The molecule has 7 rings (SSSR count). The van der Waals surface area contributed by atoms with Crippen LogP contribution in [0.3, 0.4) is 0 Å². The molecule has 0 bridgehead atoms. The minimum atomic E-state index is -3.12. The van der Waals surface area contributed by atoms with Crippen molar-refractivity contribution in [2.24, 2.45) is 51.2 Å². The maximum Gasteiger partial charge on any atom is 0.251 e. The summed E-state index contributed by atoms with van der Waals surface area (Å²) in [5.41, 5.74) is 2.81. The second-order valence-electron chi connectivity index (χ2n) is 21.5. The fraction of sp³-hybridized carbons (Fsp3) is 0.731. The Hall–Kier alpha value is -2.99. The Bertz CT molecular complexity index is 2000. The molecule has 0 radical (unpaired) electrons. The minimum absolute atomic E-state index is 0.0367. The Labute approximate surface area is 380 Å². The van der Waals surface area contributed by atoms with Gasteiger partial charge in [-0.15, -0.1) is 0 Å². The summed E-state index contributed by atoms with van der Waals surface area (Å²) in [5.74, 6) is 3.82. The fourth-order valence-corrected chi connectivity index (χ4v) is 15.5. The van der Waals surface area contributed by atoms with Crippen molar-refractivity contribution >= 4 is 21.8 Å². The summed E-state index contributed by atoms with van der Waals surface area (Å²) in [6.07, 6.45) is 12.3. The number of sulfonamides is 1. The molecule has 3 N–H and O–H groups in total. The number of fused-ring (bicyclic) bond motifs is 5. The van der Waals surface area contributed by atoms with E-state index < -0.39 is 10.0 Å². The van der Waals surface area contributed by atoms with Crippen LogP contribution in [0.25, 0.3) is 0 Å². The Morgan fingerprint density at radius 2 is 1.57 bits per heavy atom. The van der Waals surface area contributed by atoms with Gasteiger partial charge in [-0.2, -0.15) is 4.31 Å². The monoisotopic (exact) mass is 889 g/mol. The van der Waals surface area contributed by atoms with Gasteiger partial charge in [0.15, 0.2) is 0 Å². The third kappa shape index (κ3) is 9.65. The molecule has 9 unspecified atom stereocenters. The van der Waals surface area contributed by atoms with Crippen LogP contribution < -0.4 is 15.4 Å². The Morgan fingerprint density at radius 1 is 0.841 bits per heavy atom. The highest BCUT2D eigenvalue weighted by molar-refractivity contribution is 7.89. The Balaban J connectivity index is 0.862. The molecule has 10 nitrogen and oxygen atoms in total. The van der Waals surface area contributed by atoms with E-state index in [4.69, 9.17) is 4.74 Å². The predicted octanol–water partition coefficient (Wildman–Crippen LogP) is 8.47. The molecule has 1 heterocycles. The van der Waals surface area contributed by atoms with Crippen LogP contribution in [0.1, 0.15) is 141 Å². The first-order valence-electron chi connectivity index (χ1n) is 24.7. The molecular weight excluding hydrogens is 809 g/mol. The van der Waals surface area contributed by atoms with Crippen molar-refractivity contribution in [3.63, 3.8) is 0 Å². The van der Waals surface area contributed by atoms with Gasteiger partial charge < -0.3 is 25.4 Å². The number of hydrogen-bond donors (Lipinski definition) is 3. The number of carbonyl (C=O) groups is 2. The predicted molar refractivity (Wildman–Crippen MR) is 252 cm³/mol. The molecule has 5 aliphatic rings. The zero-order valence-electron chi connectivity index (χ0n) is 39.7. The van der Waals surface area contributed by atoms with Crippen molar-refractivity contribution in [2.45, 2.75) is 138 Å². The van der Waals surface area contributed by atoms with E-state index in [1.54, 1.807) is 11.2 Å².